The van der Waals surface area contributed by atoms with Crippen LogP contribution in [0.3, 0.4) is 0 Å². The molecular formula is C23H23BrN2O4. The monoisotopic (exact) mass is 470 g/mol. The Labute approximate surface area is 183 Å². The molecule has 0 heterocycles. The van der Waals surface area contributed by atoms with Gasteiger partial charge in [-0.1, -0.05) is 36.4 Å². The number of likely N-dealkylation sites (N-methyl/N-ethyl adjacent to an activating group) is 1. The molecular weight excluding hydrogens is 448 g/mol. The van der Waals surface area contributed by atoms with Crippen LogP contribution in [0.1, 0.15) is 17.3 Å². The van der Waals surface area contributed by atoms with Crippen LogP contribution < -0.4 is 14.8 Å². The van der Waals surface area contributed by atoms with Crippen molar-refractivity contribution in [1.29, 1.82) is 0 Å². The molecule has 6 nitrogen and oxygen atoms in total. The molecule has 3 aromatic rings. The largest absolute Gasteiger partial charge is 0.492 e. The highest BCUT2D eigenvalue weighted by atomic mass is 79.9. The molecule has 0 aliphatic carbocycles. The zero-order chi connectivity index (χ0) is 21.7. The van der Waals surface area contributed by atoms with Gasteiger partial charge in [0.15, 0.2) is 11.5 Å². The zero-order valence-corrected chi connectivity index (χ0v) is 18.7. The molecule has 3 aromatic carbocycles. The number of ether oxygens (including phenoxy) is 2. The van der Waals surface area contributed by atoms with Crippen molar-refractivity contribution in [1.82, 2.24) is 4.90 Å². The second kappa shape index (κ2) is 9.63. The second-order valence-electron chi connectivity index (χ2n) is 6.66. The van der Waals surface area contributed by atoms with Gasteiger partial charge in [0.1, 0.15) is 0 Å². The van der Waals surface area contributed by atoms with E-state index in [2.05, 4.69) is 21.2 Å². The van der Waals surface area contributed by atoms with Crippen LogP contribution in [0.5, 0.6) is 11.5 Å². The standard InChI is InChI=1S/C23H23BrN2O4/c1-4-30-20-13-16(12-18(24)22(20)29-3)23(28)26(2)14-21(27)25-19-11-7-9-15-8-5-6-10-17(15)19/h5-13H,4,14H2,1-3H3,(H,25,27). The minimum atomic E-state index is -0.299. The van der Waals surface area contributed by atoms with Gasteiger partial charge in [-0.25, -0.2) is 0 Å². The van der Waals surface area contributed by atoms with Crippen LogP contribution in [-0.4, -0.2) is 44.0 Å². The van der Waals surface area contributed by atoms with E-state index in [9.17, 15) is 9.59 Å². The molecule has 0 aromatic heterocycles. The molecule has 0 aliphatic rings. The lowest BCUT2D eigenvalue weighted by Gasteiger charge is -2.19. The number of nitrogens with zero attached hydrogens (tertiary/aromatic N) is 1. The van der Waals surface area contributed by atoms with Gasteiger partial charge in [0.05, 0.1) is 24.7 Å². The summed E-state index contributed by atoms with van der Waals surface area (Å²) in [5.74, 6) is 0.406. The van der Waals surface area contributed by atoms with Gasteiger partial charge in [-0.3, -0.25) is 9.59 Å². The lowest BCUT2D eigenvalue weighted by molar-refractivity contribution is -0.116. The molecule has 0 radical (unpaired) electrons. The molecule has 0 aliphatic heterocycles. The quantitative estimate of drug-likeness (QED) is 0.542. The van der Waals surface area contributed by atoms with Gasteiger partial charge in [-0.05, 0) is 46.4 Å². The molecule has 0 unspecified atom stereocenters. The predicted octanol–water partition coefficient (Wildman–Crippen LogP) is 4.72. The molecule has 0 spiro atoms. The van der Waals surface area contributed by atoms with Gasteiger partial charge >= 0.3 is 0 Å². The predicted molar refractivity (Wildman–Crippen MR) is 121 cm³/mol. The van der Waals surface area contributed by atoms with Gasteiger partial charge in [0.25, 0.3) is 5.91 Å². The smallest absolute Gasteiger partial charge is 0.254 e. The number of anilines is 1. The van der Waals surface area contributed by atoms with Crippen molar-refractivity contribution in [2.75, 3.05) is 32.6 Å². The Morgan fingerprint density at radius 1 is 1.10 bits per heavy atom. The van der Waals surface area contributed by atoms with E-state index in [4.69, 9.17) is 9.47 Å². The molecule has 156 valence electrons. The fraction of sp³-hybridized carbons (Fsp3) is 0.217. The first-order valence-corrected chi connectivity index (χ1v) is 10.3. The number of halogens is 1. The molecule has 7 heteroatoms. The Morgan fingerprint density at radius 2 is 1.83 bits per heavy atom. The molecule has 0 saturated carbocycles. The number of nitrogens with one attached hydrogen (secondary N) is 1. The second-order valence-corrected chi connectivity index (χ2v) is 7.51. The Bertz CT molecular complexity index is 1080. The first kappa shape index (κ1) is 21.6. The Morgan fingerprint density at radius 3 is 2.57 bits per heavy atom. The average Bonchev–Trinajstić information content (AvgIpc) is 2.73. The lowest BCUT2D eigenvalue weighted by atomic mass is 10.1. The van der Waals surface area contributed by atoms with Crippen LogP contribution in [-0.2, 0) is 4.79 Å². The third-order valence-electron chi connectivity index (χ3n) is 4.55. The van der Waals surface area contributed by atoms with E-state index in [1.165, 1.54) is 12.0 Å². The lowest BCUT2D eigenvalue weighted by Crippen LogP contribution is -2.35. The number of carbonyl (C=O) groups excluding carboxylic acids is 2. The summed E-state index contributed by atoms with van der Waals surface area (Å²) in [5.41, 5.74) is 1.11. The summed E-state index contributed by atoms with van der Waals surface area (Å²) in [5, 5.41) is 4.88. The maximum atomic E-state index is 12.9. The number of amides is 2. The van der Waals surface area contributed by atoms with Crippen molar-refractivity contribution >= 4 is 44.2 Å². The Kier molecular flexibility index (Phi) is 6.95. The fourth-order valence-electron chi connectivity index (χ4n) is 3.18. The number of carbonyl (C=O) groups is 2. The van der Waals surface area contributed by atoms with Gasteiger partial charge in [0, 0.05) is 23.7 Å². The van der Waals surface area contributed by atoms with Crippen LogP contribution in [0.2, 0.25) is 0 Å². The SMILES string of the molecule is CCOc1cc(C(=O)N(C)CC(=O)Nc2cccc3ccccc23)cc(Br)c1OC. The highest BCUT2D eigenvalue weighted by Gasteiger charge is 2.20. The Hall–Kier alpha value is -3.06. The number of hydrogen-bond donors (Lipinski definition) is 1. The summed E-state index contributed by atoms with van der Waals surface area (Å²) < 4.78 is 11.5. The first-order valence-electron chi connectivity index (χ1n) is 9.48. The molecule has 0 atom stereocenters. The average molecular weight is 471 g/mol. The summed E-state index contributed by atoms with van der Waals surface area (Å²) >= 11 is 3.41. The molecule has 0 bridgehead atoms. The molecule has 2 amide bonds. The van der Waals surface area contributed by atoms with E-state index in [0.717, 1.165) is 10.8 Å². The van der Waals surface area contributed by atoms with Crippen LogP contribution >= 0.6 is 15.9 Å². The molecule has 0 fully saturated rings. The number of fused-ring (bicyclic) bond motifs is 1. The van der Waals surface area contributed by atoms with E-state index < -0.39 is 0 Å². The van der Waals surface area contributed by atoms with Crippen LogP contribution in [0.15, 0.2) is 59.1 Å². The summed E-state index contributed by atoms with van der Waals surface area (Å²) in [6.07, 6.45) is 0. The molecule has 0 saturated heterocycles. The molecule has 30 heavy (non-hydrogen) atoms. The summed E-state index contributed by atoms with van der Waals surface area (Å²) in [6.45, 7) is 2.20. The third-order valence-corrected chi connectivity index (χ3v) is 5.14. The molecule has 3 rings (SSSR count). The summed E-state index contributed by atoms with van der Waals surface area (Å²) in [4.78, 5) is 26.8. The van der Waals surface area contributed by atoms with Gasteiger partial charge < -0.3 is 19.7 Å². The highest BCUT2D eigenvalue weighted by Crippen LogP contribution is 2.36. The van der Waals surface area contributed by atoms with E-state index >= 15 is 0 Å². The van der Waals surface area contributed by atoms with Crippen molar-refractivity contribution in [2.24, 2.45) is 0 Å². The minimum absolute atomic E-state index is 0.0876. The van der Waals surface area contributed by atoms with Crippen LogP contribution in [0.25, 0.3) is 10.8 Å². The number of methoxy groups -OCH3 is 1. The zero-order valence-electron chi connectivity index (χ0n) is 17.1. The van der Waals surface area contributed by atoms with Crippen molar-refractivity contribution in [3.05, 3.63) is 64.6 Å². The van der Waals surface area contributed by atoms with Gasteiger partial charge in [-0.2, -0.15) is 0 Å². The number of benzene rings is 3. The summed E-state index contributed by atoms with van der Waals surface area (Å²) in [6, 6.07) is 16.8. The normalized spacial score (nSPS) is 10.5. The van der Waals surface area contributed by atoms with Crippen molar-refractivity contribution < 1.29 is 19.1 Å². The topological polar surface area (TPSA) is 67.9 Å². The molecule has 1 N–H and O–H groups in total. The van der Waals surface area contributed by atoms with E-state index in [1.807, 2.05) is 49.4 Å². The summed E-state index contributed by atoms with van der Waals surface area (Å²) in [7, 11) is 3.12. The van der Waals surface area contributed by atoms with Crippen molar-refractivity contribution in [3.63, 3.8) is 0 Å². The van der Waals surface area contributed by atoms with E-state index in [1.54, 1.807) is 19.2 Å². The van der Waals surface area contributed by atoms with Crippen LogP contribution in [0.4, 0.5) is 5.69 Å². The fourth-order valence-corrected chi connectivity index (χ4v) is 3.79. The number of hydrogen-bond acceptors (Lipinski definition) is 4. The van der Waals surface area contributed by atoms with E-state index in [-0.39, 0.29) is 18.4 Å². The first-order chi connectivity index (χ1) is 14.4. The maximum absolute atomic E-state index is 12.9. The number of rotatable bonds is 7. The van der Waals surface area contributed by atoms with Crippen molar-refractivity contribution in [3.8, 4) is 11.5 Å². The third kappa shape index (κ3) is 4.74. The van der Waals surface area contributed by atoms with Gasteiger partial charge in [-0.15, -0.1) is 0 Å². The highest BCUT2D eigenvalue weighted by molar-refractivity contribution is 9.10. The van der Waals surface area contributed by atoms with Gasteiger partial charge in [0.2, 0.25) is 5.91 Å². The van der Waals surface area contributed by atoms with Crippen molar-refractivity contribution in [2.45, 2.75) is 6.92 Å². The maximum Gasteiger partial charge on any atom is 0.254 e. The van der Waals surface area contributed by atoms with E-state index in [0.29, 0.717) is 33.8 Å². The van der Waals surface area contributed by atoms with Crippen LogP contribution in [0, 0.1) is 0 Å². The minimum Gasteiger partial charge on any atom is -0.492 e. The Balaban J connectivity index is 1.74.